The van der Waals surface area contributed by atoms with E-state index < -0.39 is 16.1 Å². The van der Waals surface area contributed by atoms with Crippen LogP contribution in [-0.4, -0.2) is 78.5 Å². The van der Waals surface area contributed by atoms with Crippen molar-refractivity contribution in [2.24, 2.45) is 0 Å². The molecule has 0 spiro atoms. The molecule has 0 aromatic carbocycles. The Balaban J connectivity index is 1.65. The predicted molar refractivity (Wildman–Crippen MR) is 94.5 cm³/mol. The van der Waals surface area contributed by atoms with Crippen LogP contribution in [0.3, 0.4) is 0 Å². The van der Waals surface area contributed by atoms with Gasteiger partial charge in [0.2, 0.25) is 21.9 Å². The molecule has 2 saturated heterocycles. The van der Waals surface area contributed by atoms with Gasteiger partial charge in [-0.1, -0.05) is 0 Å². The molecule has 3 heterocycles. The summed E-state index contributed by atoms with van der Waals surface area (Å²) in [5.74, 6) is 0.903. The lowest BCUT2D eigenvalue weighted by Crippen LogP contribution is -2.54. The second-order valence-corrected chi connectivity index (χ2v) is 8.50. The zero-order chi connectivity index (χ0) is 18.2. The van der Waals surface area contributed by atoms with Gasteiger partial charge in [-0.3, -0.25) is 4.79 Å². The molecule has 138 valence electrons. The molecule has 0 unspecified atom stereocenters. The molecule has 1 amide bonds. The van der Waals surface area contributed by atoms with Crippen LogP contribution >= 0.6 is 0 Å². The van der Waals surface area contributed by atoms with E-state index in [0.29, 0.717) is 39.1 Å². The summed E-state index contributed by atoms with van der Waals surface area (Å²) >= 11 is 0. The lowest BCUT2D eigenvalue weighted by Gasteiger charge is -2.37. The van der Waals surface area contributed by atoms with Crippen LogP contribution in [-0.2, 0) is 14.8 Å². The number of nitrogen functional groups attached to an aromatic ring is 1. The van der Waals surface area contributed by atoms with Crippen molar-refractivity contribution in [3.63, 3.8) is 0 Å². The summed E-state index contributed by atoms with van der Waals surface area (Å²) in [4.78, 5) is 24.9. The number of hydrogen-bond acceptors (Lipinski definition) is 7. The lowest BCUT2D eigenvalue weighted by molar-refractivity contribution is -0.134. The van der Waals surface area contributed by atoms with Crippen LogP contribution in [0.1, 0.15) is 18.5 Å². The number of carbonyl (C=O) groups excluding carboxylic acids is 1. The monoisotopic (exact) mass is 368 g/mol. The molecule has 0 saturated carbocycles. The number of anilines is 2. The Hall–Kier alpha value is -1.94. The summed E-state index contributed by atoms with van der Waals surface area (Å²) in [6.45, 7) is 4.63. The smallest absolute Gasteiger partial charge is 0.241 e. The largest absolute Gasteiger partial charge is 0.368 e. The Morgan fingerprint density at radius 3 is 2.48 bits per heavy atom. The van der Waals surface area contributed by atoms with E-state index >= 15 is 0 Å². The molecule has 0 aliphatic carbocycles. The van der Waals surface area contributed by atoms with Gasteiger partial charge in [0.1, 0.15) is 11.9 Å². The third-order valence-electron chi connectivity index (χ3n) is 4.69. The number of nitrogens with two attached hydrogens (primary N) is 1. The first-order chi connectivity index (χ1) is 11.8. The minimum atomic E-state index is -3.35. The number of sulfonamides is 1. The van der Waals surface area contributed by atoms with Gasteiger partial charge in [0, 0.05) is 44.5 Å². The Morgan fingerprint density at radius 1 is 1.20 bits per heavy atom. The van der Waals surface area contributed by atoms with E-state index in [0.717, 1.165) is 17.9 Å². The first kappa shape index (κ1) is 17.9. The highest BCUT2D eigenvalue weighted by atomic mass is 32.2. The third kappa shape index (κ3) is 3.84. The zero-order valence-corrected chi connectivity index (χ0v) is 15.4. The van der Waals surface area contributed by atoms with Crippen molar-refractivity contribution in [1.29, 1.82) is 0 Å². The molecule has 0 bridgehead atoms. The minimum absolute atomic E-state index is 0.0963. The summed E-state index contributed by atoms with van der Waals surface area (Å²) in [6, 6.07) is 1.31. The van der Waals surface area contributed by atoms with Crippen LogP contribution in [0.5, 0.6) is 0 Å². The molecule has 1 aromatic heterocycles. The van der Waals surface area contributed by atoms with Crippen molar-refractivity contribution < 1.29 is 13.2 Å². The first-order valence-corrected chi connectivity index (χ1v) is 10.2. The fourth-order valence-corrected chi connectivity index (χ4v) is 4.61. The van der Waals surface area contributed by atoms with Crippen molar-refractivity contribution in [1.82, 2.24) is 19.2 Å². The standard InChI is InChI=1S/C15H24N6O3S/c1-11-10-13(18-15(16)17-11)19-6-8-20(9-7-19)14(22)12-4-3-5-21(12)25(2,23)24/h10,12H,3-9H2,1-2H3,(H2,16,17,18)/t12-/m0/s1. The van der Waals surface area contributed by atoms with Gasteiger partial charge in [0.05, 0.1) is 6.26 Å². The number of aromatic nitrogens is 2. The normalized spacial score (nSPS) is 22.4. The van der Waals surface area contributed by atoms with Crippen LogP contribution < -0.4 is 10.6 Å². The van der Waals surface area contributed by atoms with E-state index in [1.54, 1.807) is 4.90 Å². The molecule has 1 atom stereocenters. The molecule has 1 aromatic rings. The van der Waals surface area contributed by atoms with E-state index in [2.05, 4.69) is 14.9 Å². The highest BCUT2D eigenvalue weighted by Crippen LogP contribution is 2.23. The van der Waals surface area contributed by atoms with Gasteiger partial charge >= 0.3 is 0 Å². The zero-order valence-electron chi connectivity index (χ0n) is 14.6. The Labute approximate surface area is 147 Å². The number of hydrogen-bond donors (Lipinski definition) is 1. The van der Waals surface area contributed by atoms with E-state index in [1.807, 2.05) is 13.0 Å². The summed E-state index contributed by atoms with van der Waals surface area (Å²) in [6.07, 6.45) is 2.48. The average molecular weight is 368 g/mol. The number of nitrogens with zero attached hydrogens (tertiary/aromatic N) is 5. The predicted octanol–water partition coefficient (Wildman–Crippen LogP) is -0.560. The number of piperazine rings is 1. The molecule has 2 aliphatic heterocycles. The SMILES string of the molecule is Cc1cc(N2CCN(C(=O)[C@@H]3CCCN3S(C)(=O)=O)CC2)nc(N)n1. The highest BCUT2D eigenvalue weighted by molar-refractivity contribution is 7.88. The number of carbonyl (C=O) groups is 1. The second kappa shape index (κ2) is 6.75. The molecule has 10 heteroatoms. The summed E-state index contributed by atoms with van der Waals surface area (Å²) in [5, 5.41) is 0. The van der Waals surface area contributed by atoms with E-state index in [1.165, 1.54) is 10.6 Å². The highest BCUT2D eigenvalue weighted by Gasteiger charge is 2.39. The number of rotatable bonds is 3. The van der Waals surface area contributed by atoms with Gasteiger partial charge in [-0.25, -0.2) is 13.4 Å². The van der Waals surface area contributed by atoms with Crippen molar-refractivity contribution in [2.75, 3.05) is 49.6 Å². The quantitative estimate of drug-likeness (QED) is 0.761. The second-order valence-electron chi connectivity index (χ2n) is 6.57. The topological polar surface area (TPSA) is 113 Å². The van der Waals surface area contributed by atoms with E-state index in [-0.39, 0.29) is 11.9 Å². The minimum Gasteiger partial charge on any atom is -0.368 e. The maximum atomic E-state index is 12.8. The van der Waals surface area contributed by atoms with Gasteiger partial charge in [-0.15, -0.1) is 0 Å². The molecule has 2 fully saturated rings. The number of aryl methyl sites for hydroxylation is 1. The molecular formula is C15H24N6O3S. The molecule has 9 nitrogen and oxygen atoms in total. The molecule has 0 radical (unpaired) electrons. The molecule has 3 rings (SSSR count). The maximum absolute atomic E-state index is 12.8. The van der Waals surface area contributed by atoms with Crippen molar-refractivity contribution in [3.05, 3.63) is 11.8 Å². The van der Waals surface area contributed by atoms with Crippen molar-refractivity contribution in [2.45, 2.75) is 25.8 Å². The van der Waals surface area contributed by atoms with Crippen molar-refractivity contribution >= 4 is 27.7 Å². The van der Waals surface area contributed by atoms with Crippen LogP contribution in [0.2, 0.25) is 0 Å². The summed E-state index contributed by atoms with van der Waals surface area (Å²) < 4.78 is 25.0. The summed E-state index contributed by atoms with van der Waals surface area (Å²) in [5.41, 5.74) is 6.51. The fraction of sp³-hybridized carbons (Fsp3) is 0.667. The van der Waals surface area contributed by atoms with E-state index in [4.69, 9.17) is 5.73 Å². The molecule has 2 N–H and O–H groups in total. The average Bonchev–Trinajstić information content (AvgIpc) is 3.03. The lowest BCUT2D eigenvalue weighted by atomic mass is 10.2. The summed E-state index contributed by atoms with van der Waals surface area (Å²) in [7, 11) is -3.35. The molecular weight excluding hydrogens is 344 g/mol. The van der Waals surface area contributed by atoms with Gasteiger partial charge in [-0.05, 0) is 19.8 Å². The van der Waals surface area contributed by atoms with Gasteiger partial charge in [0.25, 0.3) is 0 Å². The van der Waals surface area contributed by atoms with Gasteiger partial charge < -0.3 is 15.5 Å². The molecule has 2 aliphatic rings. The Kier molecular flexibility index (Phi) is 4.83. The fourth-order valence-electron chi connectivity index (χ4n) is 3.49. The Morgan fingerprint density at radius 2 is 1.88 bits per heavy atom. The first-order valence-electron chi connectivity index (χ1n) is 8.37. The van der Waals surface area contributed by atoms with E-state index in [9.17, 15) is 13.2 Å². The van der Waals surface area contributed by atoms with Crippen LogP contribution in [0, 0.1) is 6.92 Å². The third-order valence-corrected chi connectivity index (χ3v) is 5.98. The Bertz CT molecular complexity index is 740. The van der Waals surface area contributed by atoms with Crippen LogP contribution in [0.25, 0.3) is 0 Å². The van der Waals surface area contributed by atoms with Crippen molar-refractivity contribution in [3.8, 4) is 0 Å². The van der Waals surface area contributed by atoms with Crippen LogP contribution in [0.4, 0.5) is 11.8 Å². The molecule has 25 heavy (non-hydrogen) atoms. The van der Waals surface area contributed by atoms with Gasteiger partial charge in [0.15, 0.2) is 0 Å². The van der Waals surface area contributed by atoms with Gasteiger partial charge in [-0.2, -0.15) is 9.29 Å². The maximum Gasteiger partial charge on any atom is 0.241 e. The van der Waals surface area contributed by atoms with Crippen LogP contribution in [0.15, 0.2) is 6.07 Å². The number of amides is 1.